The van der Waals surface area contributed by atoms with Crippen molar-refractivity contribution in [3.8, 4) is 0 Å². The smallest absolute Gasteiger partial charge is 0.278 e. The van der Waals surface area contributed by atoms with Gasteiger partial charge in [0.15, 0.2) is 5.69 Å². The van der Waals surface area contributed by atoms with E-state index in [-0.39, 0.29) is 11.9 Å². The van der Waals surface area contributed by atoms with E-state index in [4.69, 9.17) is 4.52 Å². The molecule has 1 aliphatic carbocycles. The summed E-state index contributed by atoms with van der Waals surface area (Å²) in [5.74, 6) is 1.22. The van der Waals surface area contributed by atoms with Crippen molar-refractivity contribution in [2.45, 2.75) is 45.6 Å². The third-order valence-electron chi connectivity index (χ3n) is 5.47. The van der Waals surface area contributed by atoms with Crippen molar-refractivity contribution >= 4 is 11.6 Å². The fraction of sp³-hybridized carbons (Fsp3) is 0.381. The highest BCUT2D eigenvalue weighted by Gasteiger charge is 2.28. The van der Waals surface area contributed by atoms with Gasteiger partial charge in [-0.2, -0.15) is 5.10 Å². The minimum atomic E-state index is -0.233. The lowest BCUT2D eigenvalue weighted by atomic mass is 9.85. The first-order valence-corrected chi connectivity index (χ1v) is 9.53. The molecule has 0 saturated heterocycles. The summed E-state index contributed by atoms with van der Waals surface area (Å²) in [5, 5.41) is 11.3. The van der Waals surface area contributed by atoms with Crippen molar-refractivity contribution in [1.29, 1.82) is 0 Å². The standard InChI is InChI=1S/C21H24N4O2/c1-3-15-9-10-19-18(11-15)20(24-27-19)21(26)23-17-12-22-25(13-17)14(2)16-7-5-4-6-8-16/h4-8,12-15H,3,9-11H2,1-2H3,(H,23,26). The minimum absolute atomic E-state index is 0.0852. The van der Waals surface area contributed by atoms with E-state index < -0.39 is 0 Å². The molecule has 2 aromatic heterocycles. The molecule has 27 heavy (non-hydrogen) atoms. The number of nitrogens with zero attached hydrogens (tertiary/aromatic N) is 3. The zero-order chi connectivity index (χ0) is 18.8. The molecule has 0 saturated carbocycles. The van der Waals surface area contributed by atoms with Crippen LogP contribution in [0.5, 0.6) is 0 Å². The molecule has 3 aromatic rings. The molecule has 0 radical (unpaired) electrons. The number of fused-ring (bicyclic) bond motifs is 1. The van der Waals surface area contributed by atoms with Gasteiger partial charge in [0, 0.05) is 18.2 Å². The highest BCUT2D eigenvalue weighted by Crippen LogP contribution is 2.30. The minimum Gasteiger partial charge on any atom is -0.360 e. The Morgan fingerprint density at radius 1 is 1.37 bits per heavy atom. The van der Waals surface area contributed by atoms with Crippen LogP contribution in [0.1, 0.15) is 60.1 Å². The van der Waals surface area contributed by atoms with E-state index in [9.17, 15) is 4.79 Å². The number of carbonyl (C=O) groups excluding carboxylic acids is 1. The molecule has 0 aliphatic heterocycles. The van der Waals surface area contributed by atoms with Gasteiger partial charge in [-0.25, -0.2) is 0 Å². The number of carbonyl (C=O) groups is 1. The van der Waals surface area contributed by atoms with E-state index in [1.54, 1.807) is 6.20 Å². The largest absolute Gasteiger partial charge is 0.360 e. The number of anilines is 1. The van der Waals surface area contributed by atoms with Crippen molar-refractivity contribution in [3.05, 3.63) is 65.3 Å². The number of hydrogen-bond acceptors (Lipinski definition) is 4. The third kappa shape index (κ3) is 3.52. The Labute approximate surface area is 158 Å². The Kier molecular flexibility index (Phi) is 4.79. The Balaban J connectivity index is 1.49. The van der Waals surface area contributed by atoms with Gasteiger partial charge in [0.05, 0.1) is 17.9 Å². The summed E-state index contributed by atoms with van der Waals surface area (Å²) in [6, 6.07) is 10.2. The fourth-order valence-corrected chi connectivity index (χ4v) is 3.69. The van der Waals surface area contributed by atoms with Crippen molar-refractivity contribution in [1.82, 2.24) is 14.9 Å². The Bertz CT molecular complexity index is 929. The van der Waals surface area contributed by atoms with Gasteiger partial charge in [0.25, 0.3) is 5.91 Å². The zero-order valence-electron chi connectivity index (χ0n) is 15.7. The van der Waals surface area contributed by atoms with Gasteiger partial charge in [-0.05, 0) is 31.2 Å². The second-order valence-corrected chi connectivity index (χ2v) is 7.20. The number of aromatic nitrogens is 3. The van der Waals surface area contributed by atoms with E-state index in [1.807, 2.05) is 29.1 Å². The van der Waals surface area contributed by atoms with Crippen LogP contribution in [-0.4, -0.2) is 20.8 Å². The molecule has 1 N–H and O–H groups in total. The van der Waals surface area contributed by atoms with E-state index in [1.165, 1.54) is 0 Å². The van der Waals surface area contributed by atoms with Crippen LogP contribution < -0.4 is 5.32 Å². The fourth-order valence-electron chi connectivity index (χ4n) is 3.69. The maximum absolute atomic E-state index is 12.7. The number of nitrogens with one attached hydrogen (secondary N) is 1. The summed E-state index contributed by atoms with van der Waals surface area (Å²) >= 11 is 0. The van der Waals surface area contributed by atoms with Gasteiger partial charge in [0.2, 0.25) is 0 Å². The molecule has 2 unspecified atom stereocenters. The highest BCUT2D eigenvalue weighted by atomic mass is 16.5. The quantitative estimate of drug-likeness (QED) is 0.735. The Morgan fingerprint density at radius 3 is 2.96 bits per heavy atom. The number of aryl methyl sites for hydroxylation is 1. The van der Waals surface area contributed by atoms with Gasteiger partial charge >= 0.3 is 0 Å². The molecule has 0 bridgehead atoms. The summed E-state index contributed by atoms with van der Waals surface area (Å²) in [6.45, 7) is 4.26. The van der Waals surface area contributed by atoms with Crippen molar-refractivity contribution < 1.29 is 9.32 Å². The van der Waals surface area contributed by atoms with Gasteiger partial charge in [0.1, 0.15) is 5.76 Å². The lowest BCUT2D eigenvalue weighted by Gasteiger charge is -2.19. The molecule has 1 amide bonds. The molecular formula is C21H24N4O2. The average Bonchev–Trinajstić information content (AvgIpc) is 3.34. The average molecular weight is 364 g/mol. The molecule has 1 aliphatic rings. The van der Waals surface area contributed by atoms with E-state index in [0.717, 1.165) is 42.6 Å². The molecular weight excluding hydrogens is 340 g/mol. The molecule has 0 spiro atoms. The predicted octanol–water partition coefficient (Wildman–Crippen LogP) is 4.25. The monoisotopic (exact) mass is 364 g/mol. The first-order valence-electron chi connectivity index (χ1n) is 9.53. The molecule has 4 rings (SSSR count). The summed E-state index contributed by atoms with van der Waals surface area (Å²) < 4.78 is 7.25. The van der Waals surface area contributed by atoms with Crippen molar-refractivity contribution in [2.75, 3.05) is 5.32 Å². The molecule has 2 heterocycles. The van der Waals surface area contributed by atoms with Crippen LogP contribution >= 0.6 is 0 Å². The first-order chi connectivity index (χ1) is 13.2. The van der Waals surface area contributed by atoms with Crippen LogP contribution in [-0.2, 0) is 12.8 Å². The van der Waals surface area contributed by atoms with Crippen LogP contribution in [0.15, 0.2) is 47.2 Å². The first kappa shape index (κ1) is 17.5. The molecule has 1 aromatic carbocycles. The molecule has 6 nitrogen and oxygen atoms in total. The van der Waals surface area contributed by atoms with Gasteiger partial charge in [-0.15, -0.1) is 0 Å². The summed E-state index contributed by atoms with van der Waals surface area (Å²) in [7, 11) is 0. The maximum atomic E-state index is 12.7. The lowest BCUT2D eigenvalue weighted by Crippen LogP contribution is -2.18. The topological polar surface area (TPSA) is 73.0 Å². The zero-order valence-corrected chi connectivity index (χ0v) is 15.7. The normalized spacial score (nSPS) is 17.3. The number of amides is 1. The van der Waals surface area contributed by atoms with Crippen LogP contribution in [0.25, 0.3) is 0 Å². The number of hydrogen-bond donors (Lipinski definition) is 1. The van der Waals surface area contributed by atoms with Crippen LogP contribution in [0.2, 0.25) is 0 Å². The maximum Gasteiger partial charge on any atom is 0.278 e. The van der Waals surface area contributed by atoms with Crippen LogP contribution in [0, 0.1) is 5.92 Å². The van der Waals surface area contributed by atoms with E-state index in [0.29, 0.717) is 17.3 Å². The number of benzene rings is 1. The molecule has 0 fully saturated rings. The molecule has 2 atom stereocenters. The lowest BCUT2D eigenvalue weighted by molar-refractivity contribution is 0.101. The van der Waals surface area contributed by atoms with E-state index in [2.05, 4.69) is 41.6 Å². The van der Waals surface area contributed by atoms with Gasteiger partial charge < -0.3 is 9.84 Å². The van der Waals surface area contributed by atoms with Gasteiger partial charge in [-0.3, -0.25) is 9.48 Å². The second-order valence-electron chi connectivity index (χ2n) is 7.20. The third-order valence-corrected chi connectivity index (χ3v) is 5.47. The summed E-state index contributed by atoms with van der Waals surface area (Å²) in [6.07, 6.45) is 7.44. The van der Waals surface area contributed by atoms with Crippen molar-refractivity contribution in [3.63, 3.8) is 0 Å². The second kappa shape index (κ2) is 7.39. The summed E-state index contributed by atoms with van der Waals surface area (Å²) in [5.41, 5.74) is 3.19. The predicted molar refractivity (Wildman–Crippen MR) is 103 cm³/mol. The summed E-state index contributed by atoms with van der Waals surface area (Å²) in [4.78, 5) is 12.7. The van der Waals surface area contributed by atoms with Crippen molar-refractivity contribution in [2.24, 2.45) is 5.92 Å². The van der Waals surface area contributed by atoms with Gasteiger partial charge in [-0.1, -0.05) is 48.8 Å². The SMILES string of the molecule is CCC1CCc2onc(C(=O)Nc3cnn(C(C)c4ccccc4)c3)c2C1. The Morgan fingerprint density at radius 2 is 2.19 bits per heavy atom. The molecule has 6 heteroatoms. The molecule has 140 valence electrons. The van der Waals surface area contributed by atoms with Crippen LogP contribution in [0.4, 0.5) is 5.69 Å². The number of rotatable bonds is 5. The Hall–Kier alpha value is -2.89. The highest BCUT2D eigenvalue weighted by molar-refractivity contribution is 6.03. The van der Waals surface area contributed by atoms with E-state index >= 15 is 0 Å². The van der Waals surface area contributed by atoms with Crippen LogP contribution in [0.3, 0.4) is 0 Å².